The number of aryl methyl sites for hydroxylation is 1. The SMILES string of the molecule is COc1ccc(CNc2nc(N3CCCC3)nc3c2cnn3C)cc1. The van der Waals surface area contributed by atoms with Crippen molar-refractivity contribution in [2.75, 3.05) is 30.4 Å². The van der Waals surface area contributed by atoms with Crippen LogP contribution < -0.4 is 15.0 Å². The first-order chi connectivity index (χ1) is 12.2. The molecule has 0 amide bonds. The molecule has 0 unspecified atom stereocenters. The largest absolute Gasteiger partial charge is 0.497 e. The van der Waals surface area contributed by atoms with E-state index < -0.39 is 0 Å². The van der Waals surface area contributed by atoms with Gasteiger partial charge in [-0.15, -0.1) is 0 Å². The standard InChI is InChI=1S/C18H22N6O/c1-23-17-15(12-20-23)16(21-18(22-17)24-9-3-4-10-24)19-11-13-5-7-14(25-2)8-6-13/h5-8,12H,3-4,9-11H2,1-2H3,(H,19,21,22). The number of nitrogens with one attached hydrogen (secondary N) is 1. The number of fused-ring (bicyclic) bond motifs is 1. The second-order valence-electron chi connectivity index (χ2n) is 6.27. The zero-order valence-corrected chi connectivity index (χ0v) is 14.6. The Bertz CT molecular complexity index is 867. The maximum Gasteiger partial charge on any atom is 0.229 e. The molecule has 4 rings (SSSR count). The van der Waals surface area contributed by atoms with Crippen molar-refractivity contribution in [3.63, 3.8) is 0 Å². The number of rotatable bonds is 5. The molecule has 1 N–H and O–H groups in total. The van der Waals surface area contributed by atoms with Crippen LogP contribution in [0, 0.1) is 0 Å². The molecule has 0 saturated carbocycles. The number of ether oxygens (including phenoxy) is 1. The summed E-state index contributed by atoms with van der Waals surface area (Å²) in [7, 11) is 3.59. The Balaban J connectivity index is 1.62. The van der Waals surface area contributed by atoms with Gasteiger partial charge in [-0.05, 0) is 30.5 Å². The van der Waals surface area contributed by atoms with Crippen LogP contribution in [0.1, 0.15) is 18.4 Å². The third-order valence-corrected chi connectivity index (χ3v) is 4.59. The Morgan fingerprint density at radius 2 is 1.88 bits per heavy atom. The van der Waals surface area contributed by atoms with E-state index in [0.717, 1.165) is 41.6 Å². The normalized spacial score (nSPS) is 14.2. The zero-order valence-electron chi connectivity index (χ0n) is 14.6. The summed E-state index contributed by atoms with van der Waals surface area (Å²) in [5.41, 5.74) is 2.02. The Hall–Kier alpha value is -2.83. The van der Waals surface area contributed by atoms with Gasteiger partial charge in [0.15, 0.2) is 5.65 Å². The smallest absolute Gasteiger partial charge is 0.229 e. The molecule has 0 aliphatic carbocycles. The maximum atomic E-state index is 5.21. The molecule has 1 aliphatic heterocycles. The van der Waals surface area contributed by atoms with Crippen molar-refractivity contribution in [2.24, 2.45) is 7.05 Å². The van der Waals surface area contributed by atoms with E-state index in [1.807, 2.05) is 25.4 Å². The van der Waals surface area contributed by atoms with Gasteiger partial charge in [-0.1, -0.05) is 12.1 Å². The second-order valence-corrected chi connectivity index (χ2v) is 6.27. The van der Waals surface area contributed by atoms with E-state index in [0.29, 0.717) is 6.54 Å². The van der Waals surface area contributed by atoms with E-state index in [9.17, 15) is 0 Å². The third-order valence-electron chi connectivity index (χ3n) is 4.59. The molecule has 0 spiro atoms. The van der Waals surface area contributed by atoms with Gasteiger partial charge in [0.1, 0.15) is 11.6 Å². The fourth-order valence-corrected chi connectivity index (χ4v) is 3.13. The van der Waals surface area contributed by atoms with Crippen LogP contribution in [0.3, 0.4) is 0 Å². The zero-order chi connectivity index (χ0) is 17.2. The Morgan fingerprint density at radius 3 is 2.60 bits per heavy atom. The summed E-state index contributed by atoms with van der Waals surface area (Å²) < 4.78 is 7.01. The predicted molar refractivity (Wildman–Crippen MR) is 98.1 cm³/mol. The van der Waals surface area contributed by atoms with Crippen molar-refractivity contribution in [1.82, 2.24) is 19.7 Å². The lowest BCUT2D eigenvalue weighted by atomic mass is 10.2. The fourth-order valence-electron chi connectivity index (χ4n) is 3.13. The molecule has 3 aromatic rings. The van der Waals surface area contributed by atoms with Gasteiger partial charge >= 0.3 is 0 Å². The molecule has 1 aromatic carbocycles. The summed E-state index contributed by atoms with van der Waals surface area (Å²) in [6.07, 6.45) is 4.21. The van der Waals surface area contributed by atoms with Crippen LogP contribution >= 0.6 is 0 Å². The molecule has 25 heavy (non-hydrogen) atoms. The van der Waals surface area contributed by atoms with Gasteiger partial charge < -0.3 is 15.0 Å². The lowest BCUT2D eigenvalue weighted by Crippen LogP contribution is -2.21. The molecular weight excluding hydrogens is 316 g/mol. The van der Waals surface area contributed by atoms with Gasteiger partial charge in [-0.2, -0.15) is 15.1 Å². The summed E-state index contributed by atoms with van der Waals surface area (Å²) in [6.45, 7) is 2.72. The predicted octanol–water partition coefficient (Wildman–Crippen LogP) is 2.58. The van der Waals surface area contributed by atoms with Gasteiger partial charge in [0.05, 0.1) is 18.7 Å². The van der Waals surface area contributed by atoms with Crippen LogP contribution in [0.2, 0.25) is 0 Å². The molecule has 130 valence electrons. The quantitative estimate of drug-likeness (QED) is 0.771. The second kappa shape index (κ2) is 6.58. The van der Waals surface area contributed by atoms with Crippen LogP contribution in [-0.4, -0.2) is 39.9 Å². The Labute approximate surface area is 146 Å². The maximum absolute atomic E-state index is 5.21. The molecule has 0 atom stereocenters. The van der Waals surface area contributed by atoms with Crippen molar-refractivity contribution < 1.29 is 4.74 Å². The first-order valence-electron chi connectivity index (χ1n) is 8.56. The van der Waals surface area contributed by atoms with Crippen LogP contribution in [0.4, 0.5) is 11.8 Å². The number of aromatic nitrogens is 4. The summed E-state index contributed by atoms with van der Waals surface area (Å²) in [5.74, 6) is 2.47. The highest BCUT2D eigenvalue weighted by molar-refractivity contribution is 5.87. The van der Waals surface area contributed by atoms with E-state index in [1.54, 1.807) is 11.8 Å². The van der Waals surface area contributed by atoms with Gasteiger partial charge in [0.2, 0.25) is 5.95 Å². The molecule has 2 aromatic heterocycles. The Morgan fingerprint density at radius 1 is 1.12 bits per heavy atom. The van der Waals surface area contributed by atoms with Crippen molar-refractivity contribution >= 4 is 22.8 Å². The third kappa shape index (κ3) is 3.09. The monoisotopic (exact) mass is 338 g/mol. The average Bonchev–Trinajstić information content (AvgIpc) is 3.31. The highest BCUT2D eigenvalue weighted by atomic mass is 16.5. The molecule has 7 heteroatoms. The highest BCUT2D eigenvalue weighted by Crippen LogP contribution is 2.25. The first-order valence-corrected chi connectivity index (χ1v) is 8.56. The lowest BCUT2D eigenvalue weighted by molar-refractivity contribution is 0.414. The summed E-state index contributed by atoms with van der Waals surface area (Å²) >= 11 is 0. The Kier molecular flexibility index (Phi) is 4.13. The van der Waals surface area contributed by atoms with Crippen LogP contribution in [0.25, 0.3) is 11.0 Å². The highest BCUT2D eigenvalue weighted by Gasteiger charge is 2.18. The van der Waals surface area contributed by atoms with E-state index in [4.69, 9.17) is 14.7 Å². The minimum absolute atomic E-state index is 0.685. The summed E-state index contributed by atoms with van der Waals surface area (Å²) in [5, 5.41) is 8.73. The lowest BCUT2D eigenvalue weighted by Gasteiger charge is -2.17. The number of anilines is 2. The molecule has 1 saturated heterocycles. The van der Waals surface area contributed by atoms with Crippen LogP contribution in [-0.2, 0) is 13.6 Å². The number of hydrogen-bond donors (Lipinski definition) is 1. The summed E-state index contributed by atoms with van der Waals surface area (Å²) in [4.78, 5) is 11.7. The average molecular weight is 338 g/mol. The molecular formula is C18H22N6O. The number of benzene rings is 1. The van der Waals surface area contributed by atoms with Gasteiger partial charge in [0, 0.05) is 26.7 Å². The molecule has 7 nitrogen and oxygen atoms in total. The minimum Gasteiger partial charge on any atom is -0.497 e. The van der Waals surface area contributed by atoms with Gasteiger partial charge in [-0.25, -0.2) is 0 Å². The number of hydrogen-bond acceptors (Lipinski definition) is 6. The van der Waals surface area contributed by atoms with Crippen molar-refractivity contribution in [1.29, 1.82) is 0 Å². The molecule has 0 bridgehead atoms. The summed E-state index contributed by atoms with van der Waals surface area (Å²) in [6, 6.07) is 8.03. The van der Waals surface area contributed by atoms with Crippen molar-refractivity contribution in [3.8, 4) is 5.75 Å². The molecule has 3 heterocycles. The van der Waals surface area contributed by atoms with E-state index >= 15 is 0 Å². The van der Waals surface area contributed by atoms with Crippen LogP contribution in [0.15, 0.2) is 30.5 Å². The van der Waals surface area contributed by atoms with Crippen molar-refractivity contribution in [2.45, 2.75) is 19.4 Å². The van der Waals surface area contributed by atoms with Gasteiger partial charge in [-0.3, -0.25) is 4.68 Å². The molecule has 1 fully saturated rings. The van der Waals surface area contributed by atoms with Crippen molar-refractivity contribution in [3.05, 3.63) is 36.0 Å². The molecule has 0 radical (unpaired) electrons. The minimum atomic E-state index is 0.685. The molecule has 1 aliphatic rings. The topological polar surface area (TPSA) is 68.1 Å². The van der Waals surface area contributed by atoms with E-state index in [-0.39, 0.29) is 0 Å². The van der Waals surface area contributed by atoms with Gasteiger partial charge in [0.25, 0.3) is 0 Å². The number of nitrogens with zero attached hydrogens (tertiary/aromatic N) is 5. The fraction of sp³-hybridized carbons (Fsp3) is 0.389. The first kappa shape index (κ1) is 15.7. The van der Waals surface area contributed by atoms with E-state index in [1.165, 1.54) is 18.4 Å². The number of methoxy groups -OCH3 is 1. The van der Waals surface area contributed by atoms with Crippen LogP contribution in [0.5, 0.6) is 5.75 Å². The van der Waals surface area contributed by atoms with E-state index in [2.05, 4.69) is 27.4 Å².